The van der Waals surface area contributed by atoms with Gasteiger partial charge in [-0.2, -0.15) is 0 Å². The Bertz CT molecular complexity index is 591. The van der Waals surface area contributed by atoms with Gasteiger partial charge in [0.05, 0.1) is 5.52 Å². The van der Waals surface area contributed by atoms with Crippen LogP contribution in [0.5, 0.6) is 0 Å². The second kappa shape index (κ2) is 5.85. The zero-order chi connectivity index (χ0) is 13.9. The summed E-state index contributed by atoms with van der Waals surface area (Å²) in [7, 11) is 0. The van der Waals surface area contributed by atoms with Gasteiger partial charge < -0.3 is 5.73 Å². The standard InChI is InChI=1S/C16H20FN3/c17-15-8-13-2-1-5-19-16(13)14(9-15)11-20-6-3-12(10-18)4-7-20/h1-2,5,8-9,12H,3-4,6-7,10-11,18H2. The second-order valence-corrected chi connectivity index (χ2v) is 5.60. The molecule has 3 nitrogen and oxygen atoms in total. The molecule has 1 aliphatic rings. The Kier molecular flexibility index (Phi) is 3.94. The Balaban J connectivity index is 1.81. The van der Waals surface area contributed by atoms with E-state index in [9.17, 15) is 4.39 Å². The highest BCUT2D eigenvalue weighted by atomic mass is 19.1. The number of likely N-dealkylation sites (tertiary alicyclic amines) is 1. The molecule has 3 rings (SSSR count). The van der Waals surface area contributed by atoms with Crippen LogP contribution in [0.4, 0.5) is 4.39 Å². The van der Waals surface area contributed by atoms with Gasteiger partial charge in [0, 0.05) is 18.1 Å². The molecule has 0 spiro atoms. The van der Waals surface area contributed by atoms with Crippen LogP contribution in [-0.2, 0) is 6.54 Å². The number of hydrogen-bond acceptors (Lipinski definition) is 3. The minimum atomic E-state index is -0.183. The van der Waals surface area contributed by atoms with Gasteiger partial charge in [-0.1, -0.05) is 6.07 Å². The Morgan fingerprint density at radius 1 is 1.30 bits per heavy atom. The zero-order valence-corrected chi connectivity index (χ0v) is 11.6. The van der Waals surface area contributed by atoms with Crippen molar-refractivity contribution in [3.63, 3.8) is 0 Å². The van der Waals surface area contributed by atoms with Gasteiger partial charge in [0.15, 0.2) is 0 Å². The minimum absolute atomic E-state index is 0.183. The van der Waals surface area contributed by atoms with Gasteiger partial charge in [0.2, 0.25) is 0 Å². The number of piperidine rings is 1. The molecular weight excluding hydrogens is 253 g/mol. The minimum Gasteiger partial charge on any atom is -0.330 e. The summed E-state index contributed by atoms with van der Waals surface area (Å²) in [6.45, 7) is 3.61. The smallest absolute Gasteiger partial charge is 0.124 e. The molecule has 20 heavy (non-hydrogen) atoms. The van der Waals surface area contributed by atoms with Crippen molar-refractivity contribution in [1.82, 2.24) is 9.88 Å². The van der Waals surface area contributed by atoms with Crippen molar-refractivity contribution in [3.8, 4) is 0 Å². The zero-order valence-electron chi connectivity index (χ0n) is 11.6. The van der Waals surface area contributed by atoms with Crippen LogP contribution >= 0.6 is 0 Å². The average molecular weight is 273 g/mol. The highest BCUT2D eigenvalue weighted by molar-refractivity contribution is 5.81. The summed E-state index contributed by atoms with van der Waals surface area (Å²) in [6.07, 6.45) is 4.04. The van der Waals surface area contributed by atoms with Crippen LogP contribution in [0, 0.1) is 11.7 Å². The summed E-state index contributed by atoms with van der Waals surface area (Å²) in [5.74, 6) is 0.464. The summed E-state index contributed by atoms with van der Waals surface area (Å²) in [6, 6.07) is 6.92. The molecule has 0 aliphatic carbocycles. The Morgan fingerprint density at radius 3 is 2.85 bits per heavy atom. The molecule has 1 aromatic heterocycles. The van der Waals surface area contributed by atoms with Crippen molar-refractivity contribution in [2.24, 2.45) is 11.7 Å². The van der Waals surface area contributed by atoms with Crippen LogP contribution in [0.2, 0.25) is 0 Å². The molecule has 2 N–H and O–H groups in total. The van der Waals surface area contributed by atoms with Gasteiger partial charge in [-0.05, 0) is 62.2 Å². The SMILES string of the molecule is NCC1CCN(Cc2cc(F)cc3cccnc23)CC1. The summed E-state index contributed by atoms with van der Waals surface area (Å²) < 4.78 is 13.7. The van der Waals surface area contributed by atoms with Crippen molar-refractivity contribution in [1.29, 1.82) is 0 Å². The fourth-order valence-corrected chi connectivity index (χ4v) is 2.97. The molecule has 2 heterocycles. The molecule has 0 radical (unpaired) electrons. The molecule has 0 unspecified atom stereocenters. The topological polar surface area (TPSA) is 42.1 Å². The Hall–Kier alpha value is -1.52. The van der Waals surface area contributed by atoms with E-state index in [2.05, 4.69) is 9.88 Å². The first-order valence-electron chi connectivity index (χ1n) is 7.22. The maximum atomic E-state index is 13.7. The second-order valence-electron chi connectivity index (χ2n) is 5.60. The first-order chi connectivity index (χ1) is 9.76. The molecule has 1 aliphatic heterocycles. The number of aromatic nitrogens is 1. The predicted octanol–water partition coefficient (Wildman–Crippen LogP) is 2.54. The van der Waals surface area contributed by atoms with Crippen molar-refractivity contribution in [2.45, 2.75) is 19.4 Å². The Morgan fingerprint density at radius 2 is 2.10 bits per heavy atom. The van der Waals surface area contributed by atoms with Crippen molar-refractivity contribution in [2.75, 3.05) is 19.6 Å². The fourth-order valence-electron chi connectivity index (χ4n) is 2.97. The van der Waals surface area contributed by atoms with Crippen molar-refractivity contribution >= 4 is 10.9 Å². The normalized spacial score (nSPS) is 17.7. The Labute approximate surface area is 118 Å². The van der Waals surface area contributed by atoms with E-state index >= 15 is 0 Å². The molecular formula is C16H20FN3. The molecule has 0 atom stereocenters. The number of pyridine rings is 1. The maximum Gasteiger partial charge on any atom is 0.124 e. The lowest BCUT2D eigenvalue weighted by molar-refractivity contribution is 0.181. The summed E-state index contributed by atoms with van der Waals surface area (Å²) in [4.78, 5) is 6.78. The lowest BCUT2D eigenvalue weighted by Gasteiger charge is -2.31. The lowest BCUT2D eigenvalue weighted by atomic mass is 9.96. The van der Waals surface area contributed by atoms with Gasteiger partial charge in [0.25, 0.3) is 0 Å². The quantitative estimate of drug-likeness (QED) is 0.934. The van der Waals surface area contributed by atoms with Crippen molar-refractivity contribution in [3.05, 3.63) is 41.8 Å². The van der Waals surface area contributed by atoms with Crippen LogP contribution in [0.25, 0.3) is 10.9 Å². The lowest BCUT2D eigenvalue weighted by Crippen LogP contribution is -2.35. The van der Waals surface area contributed by atoms with Crippen LogP contribution in [0.1, 0.15) is 18.4 Å². The van der Waals surface area contributed by atoms with Gasteiger partial charge in [0.1, 0.15) is 5.82 Å². The van der Waals surface area contributed by atoms with Crippen LogP contribution < -0.4 is 5.73 Å². The number of halogens is 1. The fraction of sp³-hybridized carbons (Fsp3) is 0.438. The van der Waals surface area contributed by atoms with E-state index < -0.39 is 0 Å². The van der Waals surface area contributed by atoms with Gasteiger partial charge in [-0.3, -0.25) is 9.88 Å². The molecule has 1 fully saturated rings. The van der Waals surface area contributed by atoms with Crippen LogP contribution in [0.3, 0.4) is 0 Å². The third-order valence-electron chi connectivity index (χ3n) is 4.18. The molecule has 106 valence electrons. The van der Waals surface area contributed by atoms with E-state index in [1.54, 1.807) is 18.3 Å². The number of rotatable bonds is 3. The largest absolute Gasteiger partial charge is 0.330 e. The van der Waals surface area contributed by atoms with Crippen LogP contribution in [-0.4, -0.2) is 29.5 Å². The van der Waals surface area contributed by atoms with Gasteiger partial charge in [-0.25, -0.2) is 4.39 Å². The first-order valence-corrected chi connectivity index (χ1v) is 7.22. The van der Waals surface area contributed by atoms with E-state index in [0.29, 0.717) is 5.92 Å². The summed E-state index contributed by atoms with van der Waals surface area (Å²) in [5.41, 5.74) is 7.61. The van der Waals surface area contributed by atoms with Crippen LogP contribution in [0.15, 0.2) is 30.5 Å². The monoisotopic (exact) mass is 273 g/mol. The number of hydrogen-bond donors (Lipinski definition) is 1. The molecule has 4 heteroatoms. The third-order valence-corrected chi connectivity index (χ3v) is 4.18. The average Bonchev–Trinajstić information content (AvgIpc) is 2.48. The van der Waals surface area contributed by atoms with Gasteiger partial charge in [-0.15, -0.1) is 0 Å². The number of nitrogens with zero attached hydrogens (tertiary/aromatic N) is 2. The molecule has 2 aromatic rings. The van der Waals surface area contributed by atoms with E-state index in [1.807, 2.05) is 12.1 Å². The summed E-state index contributed by atoms with van der Waals surface area (Å²) in [5, 5.41) is 0.874. The molecule has 0 amide bonds. The van der Waals surface area contributed by atoms with E-state index in [1.165, 1.54) is 0 Å². The van der Waals surface area contributed by atoms with E-state index in [-0.39, 0.29) is 5.82 Å². The molecule has 1 saturated heterocycles. The van der Waals surface area contributed by atoms with Gasteiger partial charge >= 0.3 is 0 Å². The predicted molar refractivity (Wildman–Crippen MR) is 78.8 cm³/mol. The first kappa shape index (κ1) is 13.5. The van der Waals surface area contributed by atoms with E-state index in [0.717, 1.165) is 55.5 Å². The molecule has 1 aromatic carbocycles. The summed E-state index contributed by atoms with van der Waals surface area (Å²) >= 11 is 0. The highest BCUT2D eigenvalue weighted by Crippen LogP contribution is 2.23. The number of fused-ring (bicyclic) bond motifs is 1. The molecule has 0 bridgehead atoms. The van der Waals surface area contributed by atoms with Crippen molar-refractivity contribution < 1.29 is 4.39 Å². The molecule has 0 saturated carbocycles. The third kappa shape index (κ3) is 2.81. The number of benzene rings is 1. The maximum absolute atomic E-state index is 13.7. The van der Waals surface area contributed by atoms with E-state index in [4.69, 9.17) is 5.73 Å². The highest BCUT2D eigenvalue weighted by Gasteiger charge is 2.19. The number of nitrogens with two attached hydrogens (primary N) is 1.